The van der Waals surface area contributed by atoms with Crippen molar-refractivity contribution >= 4 is 45.1 Å². The second kappa shape index (κ2) is 12.8. The van der Waals surface area contributed by atoms with Crippen molar-refractivity contribution in [1.29, 1.82) is 0 Å². The summed E-state index contributed by atoms with van der Waals surface area (Å²) in [6, 6.07) is 7.96. The molecule has 1 aromatic carbocycles. The largest absolute Gasteiger partial charge is 0.490 e. The van der Waals surface area contributed by atoms with Gasteiger partial charge in [-0.3, -0.25) is 4.72 Å². The van der Waals surface area contributed by atoms with E-state index >= 15 is 0 Å². The quantitative estimate of drug-likeness (QED) is 0.447. The maximum absolute atomic E-state index is 13.0. The molecule has 2 aliphatic rings. The van der Waals surface area contributed by atoms with Gasteiger partial charge in [0.15, 0.2) is 5.82 Å². The molecule has 0 unspecified atom stereocenters. The lowest BCUT2D eigenvalue weighted by Crippen LogP contribution is -2.47. The molecule has 39 heavy (non-hydrogen) atoms. The normalized spacial score (nSPS) is 17.2. The van der Waals surface area contributed by atoms with Crippen LogP contribution in [-0.2, 0) is 14.8 Å². The number of halogens is 4. The first-order valence-corrected chi connectivity index (χ1v) is 14.0. The number of carboxylic acids is 2. The highest BCUT2D eigenvalue weighted by Crippen LogP contribution is 2.32. The van der Waals surface area contributed by atoms with Crippen molar-refractivity contribution in [3.8, 4) is 0 Å². The van der Waals surface area contributed by atoms with Gasteiger partial charge in [-0.2, -0.15) is 13.2 Å². The van der Waals surface area contributed by atoms with Gasteiger partial charge in [0, 0.05) is 25.3 Å². The minimum atomic E-state index is -5.08. The number of rotatable bonds is 6. The fraction of sp³-hybridized carbons (Fsp3) is 0.458. The molecule has 0 radical (unpaired) electrons. The van der Waals surface area contributed by atoms with Crippen LogP contribution in [0, 0.1) is 0 Å². The predicted octanol–water partition coefficient (Wildman–Crippen LogP) is 4.32. The molecule has 214 valence electrons. The molecule has 2 aromatic rings. The maximum Gasteiger partial charge on any atom is 0.490 e. The second-order valence-corrected chi connectivity index (χ2v) is 11.1. The zero-order valence-electron chi connectivity index (χ0n) is 20.7. The average molecular weight is 593 g/mol. The van der Waals surface area contributed by atoms with Gasteiger partial charge < -0.3 is 20.0 Å². The van der Waals surface area contributed by atoms with E-state index in [9.17, 15) is 31.5 Å². The van der Waals surface area contributed by atoms with E-state index in [-0.39, 0.29) is 21.2 Å². The molecule has 0 saturated carbocycles. The lowest BCUT2D eigenvalue weighted by molar-refractivity contribution is -0.192. The summed E-state index contributed by atoms with van der Waals surface area (Å²) in [5, 5.41) is 16.6. The number of pyridine rings is 1. The Labute approximate surface area is 228 Å². The number of piperidine rings is 2. The summed E-state index contributed by atoms with van der Waals surface area (Å²) in [4.78, 5) is 29.2. The number of carbonyl (C=O) groups is 2. The number of carboxylic acid groups (broad SMARTS) is 2. The van der Waals surface area contributed by atoms with Crippen LogP contribution in [0.3, 0.4) is 0 Å². The first-order chi connectivity index (χ1) is 18.3. The van der Waals surface area contributed by atoms with Crippen molar-refractivity contribution in [2.24, 2.45) is 0 Å². The highest BCUT2D eigenvalue weighted by atomic mass is 35.5. The molecule has 15 heteroatoms. The van der Waals surface area contributed by atoms with Gasteiger partial charge in [0.05, 0.1) is 16.3 Å². The molecule has 2 saturated heterocycles. The van der Waals surface area contributed by atoms with Crippen LogP contribution >= 0.6 is 11.6 Å². The molecule has 0 bridgehead atoms. The minimum absolute atomic E-state index is 0.0721. The topological polar surface area (TPSA) is 140 Å². The molecule has 0 atom stereocenters. The molecule has 2 aliphatic heterocycles. The molecule has 0 spiro atoms. The van der Waals surface area contributed by atoms with Gasteiger partial charge in [0.25, 0.3) is 10.0 Å². The molecule has 3 N–H and O–H groups in total. The number of sulfonamides is 1. The molecular formula is C24H28ClF3N4O6S. The summed E-state index contributed by atoms with van der Waals surface area (Å²) < 4.78 is 60.3. The number of aromatic nitrogens is 1. The Hall–Kier alpha value is -3.10. The monoisotopic (exact) mass is 592 g/mol. The summed E-state index contributed by atoms with van der Waals surface area (Å²) in [6.45, 7) is 3.72. The van der Waals surface area contributed by atoms with Crippen LogP contribution in [0.2, 0.25) is 5.02 Å². The Morgan fingerprint density at radius 3 is 2.15 bits per heavy atom. The van der Waals surface area contributed by atoms with Crippen LogP contribution in [-0.4, -0.2) is 78.9 Å². The number of nitrogens with one attached hydrogen (secondary N) is 1. The molecule has 0 aliphatic carbocycles. The van der Waals surface area contributed by atoms with E-state index < -0.39 is 28.1 Å². The van der Waals surface area contributed by atoms with Crippen molar-refractivity contribution in [3.05, 3.63) is 47.1 Å². The summed E-state index contributed by atoms with van der Waals surface area (Å²) in [6.07, 6.45) is 1.88. The van der Waals surface area contributed by atoms with Gasteiger partial charge in [0.2, 0.25) is 0 Å². The second-order valence-electron chi connectivity index (χ2n) is 9.05. The van der Waals surface area contributed by atoms with E-state index in [0.29, 0.717) is 11.9 Å². The van der Waals surface area contributed by atoms with Gasteiger partial charge >= 0.3 is 18.1 Å². The van der Waals surface area contributed by atoms with E-state index in [2.05, 4.69) is 14.6 Å². The zero-order valence-corrected chi connectivity index (χ0v) is 22.3. The number of hydrogen-bond donors (Lipinski definition) is 3. The number of aromatic carboxylic acids is 1. The number of anilines is 2. The number of alkyl halides is 3. The molecule has 10 nitrogen and oxygen atoms in total. The van der Waals surface area contributed by atoms with Crippen LogP contribution in [0.4, 0.5) is 24.7 Å². The number of nitrogens with zero attached hydrogens (tertiary/aromatic N) is 3. The number of aliphatic carboxylic acids is 1. The van der Waals surface area contributed by atoms with Crippen molar-refractivity contribution in [3.63, 3.8) is 0 Å². The summed E-state index contributed by atoms with van der Waals surface area (Å²) in [7, 11) is -4.03. The third-order valence-electron chi connectivity index (χ3n) is 6.40. The van der Waals surface area contributed by atoms with E-state index in [1.807, 2.05) is 4.90 Å². The van der Waals surface area contributed by atoms with E-state index in [1.54, 1.807) is 12.1 Å². The number of hydrogen-bond acceptors (Lipinski definition) is 7. The van der Waals surface area contributed by atoms with Crippen LogP contribution < -0.4 is 9.62 Å². The third-order valence-corrected chi connectivity index (χ3v) is 8.26. The summed E-state index contributed by atoms with van der Waals surface area (Å²) in [5.41, 5.74) is 0.0510. The van der Waals surface area contributed by atoms with Crippen molar-refractivity contribution in [1.82, 2.24) is 9.88 Å². The highest BCUT2D eigenvalue weighted by Gasteiger charge is 2.38. The van der Waals surface area contributed by atoms with Crippen molar-refractivity contribution < 1.29 is 41.4 Å². The summed E-state index contributed by atoms with van der Waals surface area (Å²) in [5.74, 6) is -3.50. The van der Waals surface area contributed by atoms with Crippen LogP contribution in [0.25, 0.3) is 0 Å². The predicted molar refractivity (Wildman–Crippen MR) is 138 cm³/mol. The average Bonchev–Trinajstić information content (AvgIpc) is 2.89. The van der Waals surface area contributed by atoms with Crippen molar-refractivity contribution in [2.45, 2.75) is 49.2 Å². The van der Waals surface area contributed by atoms with Gasteiger partial charge in [0.1, 0.15) is 4.90 Å². The maximum atomic E-state index is 13.0. The standard InChI is InChI=1S/C22H27ClN4O4S.C2HF3O2/c23-18-6-2-3-7-20(18)32(30,31)25-19-14-16(22(28)29)15-24-21(19)27-12-8-17(9-13-27)26-10-4-1-5-11-26;3-2(4,5)1(6)7/h2-3,6-7,14-15,17,25H,1,4-5,8-13H2,(H,28,29);(H,6,7). The van der Waals surface area contributed by atoms with E-state index in [4.69, 9.17) is 21.5 Å². The Morgan fingerprint density at radius 2 is 1.62 bits per heavy atom. The fourth-order valence-corrected chi connectivity index (χ4v) is 6.06. The Morgan fingerprint density at radius 1 is 1.03 bits per heavy atom. The van der Waals surface area contributed by atoms with Gasteiger partial charge in [-0.25, -0.2) is 23.0 Å². The SMILES string of the molecule is O=C(O)C(F)(F)F.O=C(O)c1cnc(N2CCC(N3CCCCC3)CC2)c(NS(=O)(=O)c2ccccc2Cl)c1. The molecular weight excluding hydrogens is 565 g/mol. The highest BCUT2D eigenvalue weighted by molar-refractivity contribution is 7.92. The Bertz CT molecular complexity index is 1280. The van der Waals surface area contributed by atoms with Crippen LogP contribution in [0.15, 0.2) is 41.4 Å². The van der Waals surface area contributed by atoms with Gasteiger partial charge in [-0.1, -0.05) is 30.2 Å². The molecule has 0 amide bonds. The van der Waals surface area contributed by atoms with Crippen LogP contribution in [0.5, 0.6) is 0 Å². The lowest BCUT2D eigenvalue weighted by Gasteiger charge is -2.40. The molecule has 4 rings (SSSR count). The smallest absolute Gasteiger partial charge is 0.478 e. The third kappa shape index (κ3) is 8.19. The Balaban J connectivity index is 0.000000532. The first-order valence-electron chi connectivity index (χ1n) is 12.1. The lowest BCUT2D eigenvalue weighted by atomic mass is 10.00. The van der Waals surface area contributed by atoms with E-state index in [0.717, 1.165) is 39.0 Å². The van der Waals surface area contributed by atoms with Gasteiger partial charge in [-0.05, 0) is 57.0 Å². The minimum Gasteiger partial charge on any atom is -0.478 e. The zero-order chi connectivity index (χ0) is 28.8. The molecule has 2 fully saturated rings. The fourth-order valence-electron chi connectivity index (χ4n) is 4.49. The summed E-state index contributed by atoms with van der Waals surface area (Å²) >= 11 is 6.09. The molecule has 3 heterocycles. The van der Waals surface area contributed by atoms with Gasteiger partial charge in [-0.15, -0.1) is 0 Å². The van der Waals surface area contributed by atoms with Crippen molar-refractivity contribution in [2.75, 3.05) is 35.8 Å². The number of benzene rings is 1. The Kier molecular flexibility index (Phi) is 10.0. The molecule has 1 aromatic heterocycles. The number of likely N-dealkylation sites (tertiary alicyclic amines) is 1. The van der Waals surface area contributed by atoms with E-state index in [1.165, 1.54) is 43.7 Å². The first kappa shape index (κ1) is 30.4. The van der Waals surface area contributed by atoms with Crippen LogP contribution in [0.1, 0.15) is 42.5 Å².